The Kier molecular flexibility index (Phi) is 1.67. The van der Waals surface area contributed by atoms with Crippen molar-refractivity contribution in [1.29, 1.82) is 0 Å². The van der Waals surface area contributed by atoms with Gasteiger partial charge in [0.2, 0.25) is 0 Å². The lowest BCUT2D eigenvalue weighted by molar-refractivity contribution is -0.115. The fourth-order valence-corrected chi connectivity index (χ4v) is 2.09. The highest BCUT2D eigenvalue weighted by Gasteiger charge is 2.32. The first-order chi connectivity index (χ1) is 5.71. The summed E-state index contributed by atoms with van der Waals surface area (Å²) in [7, 11) is 0. The SMILES string of the molecule is C[C@]12CCC=CC1=CC(=O)CC2. The molecule has 2 rings (SSSR count). The van der Waals surface area contributed by atoms with Gasteiger partial charge in [0.1, 0.15) is 0 Å². The van der Waals surface area contributed by atoms with Crippen molar-refractivity contribution in [3.05, 3.63) is 23.8 Å². The summed E-state index contributed by atoms with van der Waals surface area (Å²) in [6.07, 6.45) is 10.3. The molecule has 0 aliphatic heterocycles. The van der Waals surface area contributed by atoms with Crippen LogP contribution in [0.3, 0.4) is 0 Å². The van der Waals surface area contributed by atoms with Gasteiger partial charge in [-0.25, -0.2) is 0 Å². The summed E-state index contributed by atoms with van der Waals surface area (Å²) < 4.78 is 0. The fourth-order valence-electron chi connectivity index (χ4n) is 2.09. The Morgan fingerprint density at radius 3 is 3.08 bits per heavy atom. The summed E-state index contributed by atoms with van der Waals surface area (Å²) in [6, 6.07) is 0. The second-order valence-electron chi connectivity index (χ2n) is 4.07. The van der Waals surface area contributed by atoms with Crippen LogP contribution in [0.4, 0.5) is 0 Å². The molecular weight excluding hydrogens is 148 g/mol. The molecule has 0 fully saturated rings. The van der Waals surface area contributed by atoms with E-state index in [1.807, 2.05) is 6.08 Å². The smallest absolute Gasteiger partial charge is 0.156 e. The quantitative estimate of drug-likeness (QED) is 0.535. The molecule has 0 aromatic carbocycles. The largest absolute Gasteiger partial charge is 0.295 e. The van der Waals surface area contributed by atoms with Crippen molar-refractivity contribution in [2.24, 2.45) is 5.41 Å². The molecule has 0 N–H and O–H groups in total. The number of carbonyl (C=O) groups is 1. The Balaban J connectivity index is 2.39. The van der Waals surface area contributed by atoms with Crippen LogP contribution in [-0.4, -0.2) is 5.78 Å². The zero-order chi connectivity index (χ0) is 8.60. The molecule has 2 aliphatic rings. The number of fused-ring (bicyclic) bond motifs is 1. The number of ketones is 1. The van der Waals surface area contributed by atoms with Gasteiger partial charge < -0.3 is 0 Å². The Labute approximate surface area is 73.2 Å². The summed E-state index contributed by atoms with van der Waals surface area (Å²) in [4.78, 5) is 11.1. The minimum atomic E-state index is 0.300. The lowest BCUT2D eigenvalue weighted by atomic mass is 9.68. The molecule has 0 unspecified atom stereocenters. The van der Waals surface area contributed by atoms with Crippen LogP contribution in [0.1, 0.15) is 32.6 Å². The Hall–Kier alpha value is -0.850. The summed E-state index contributed by atoms with van der Waals surface area (Å²) in [5, 5.41) is 0. The molecule has 0 aromatic heterocycles. The summed E-state index contributed by atoms with van der Waals surface area (Å²) in [5.41, 5.74) is 1.56. The summed E-state index contributed by atoms with van der Waals surface area (Å²) in [6.45, 7) is 2.27. The van der Waals surface area contributed by atoms with Gasteiger partial charge >= 0.3 is 0 Å². The first-order valence-corrected chi connectivity index (χ1v) is 4.62. The van der Waals surface area contributed by atoms with E-state index in [1.165, 1.54) is 18.4 Å². The number of allylic oxidation sites excluding steroid dienone is 4. The monoisotopic (exact) mass is 162 g/mol. The van der Waals surface area contributed by atoms with Crippen molar-refractivity contribution in [1.82, 2.24) is 0 Å². The molecular formula is C11H14O. The lowest BCUT2D eigenvalue weighted by Crippen LogP contribution is -2.26. The van der Waals surface area contributed by atoms with E-state index >= 15 is 0 Å². The van der Waals surface area contributed by atoms with Crippen LogP contribution in [0.15, 0.2) is 23.8 Å². The van der Waals surface area contributed by atoms with E-state index in [2.05, 4.69) is 19.1 Å². The minimum Gasteiger partial charge on any atom is -0.295 e. The molecule has 0 saturated heterocycles. The molecule has 1 heteroatoms. The third-order valence-corrected chi connectivity index (χ3v) is 3.10. The molecule has 2 aliphatic carbocycles. The van der Waals surface area contributed by atoms with E-state index in [0.717, 1.165) is 12.8 Å². The van der Waals surface area contributed by atoms with E-state index < -0.39 is 0 Å². The number of hydrogen-bond acceptors (Lipinski definition) is 1. The highest BCUT2D eigenvalue weighted by atomic mass is 16.1. The van der Waals surface area contributed by atoms with Crippen LogP contribution in [0.25, 0.3) is 0 Å². The van der Waals surface area contributed by atoms with Gasteiger partial charge in [-0.3, -0.25) is 4.79 Å². The van der Waals surface area contributed by atoms with Crippen molar-refractivity contribution < 1.29 is 4.79 Å². The van der Waals surface area contributed by atoms with E-state index in [9.17, 15) is 4.79 Å². The third kappa shape index (κ3) is 1.13. The van der Waals surface area contributed by atoms with E-state index in [0.29, 0.717) is 11.2 Å². The zero-order valence-corrected chi connectivity index (χ0v) is 7.47. The van der Waals surface area contributed by atoms with E-state index in [4.69, 9.17) is 0 Å². The molecule has 0 saturated carbocycles. The maximum absolute atomic E-state index is 11.1. The predicted octanol–water partition coefficient (Wildman–Crippen LogP) is 2.63. The van der Waals surface area contributed by atoms with Gasteiger partial charge in [-0.2, -0.15) is 0 Å². The van der Waals surface area contributed by atoms with Crippen LogP contribution in [-0.2, 0) is 4.79 Å². The predicted molar refractivity (Wildman–Crippen MR) is 48.8 cm³/mol. The van der Waals surface area contributed by atoms with Gasteiger partial charge in [0.05, 0.1) is 0 Å². The highest BCUT2D eigenvalue weighted by molar-refractivity contribution is 5.92. The third-order valence-electron chi connectivity index (χ3n) is 3.10. The van der Waals surface area contributed by atoms with Crippen molar-refractivity contribution in [2.75, 3.05) is 0 Å². The highest BCUT2D eigenvalue weighted by Crippen LogP contribution is 2.43. The van der Waals surface area contributed by atoms with Gasteiger partial charge in [0.15, 0.2) is 5.78 Å². The van der Waals surface area contributed by atoms with Gasteiger partial charge in [0, 0.05) is 6.42 Å². The summed E-state index contributed by atoms with van der Waals surface area (Å²) in [5.74, 6) is 0.300. The first-order valence-electron chi connectivity index (χ1n) is 4.62. The van der Waals surface area contributed by atoms with Gasteiger partial charge in [0.25, 0.3) is 0 Å². The van der Waals surface area contributed by atoms with E-state index in [-0.39, 0.29) is 0 Å². The molecule has 12 heavy (non-hydrogen) atoms. The maximum Gasteiger partial charge on any atom is 0.156 e. The average molecular weight is 162 g/mol. The summed E-state index contributed by atoms with van der Waals surface area (Å²) >= 11 is 0. The van der Waals surface area contributed by atoms with Crippen LogP contribution in [0.5, 0.6) is 0 Å². The molecule has 0 spiro atoms. The molecule has 64 valence electrons. The Bertz CT molecular complexity index is 273. The average Bonchev–Trinajstić information content (AvgIpc) is 2.06. The molecule has 0 bridgehead atoms. The van der Waals surface area contributed by atoms with Crippen LogP contribution in [0, 0.1) is 5.41 Å². The van der Waals surface area contributed by atoms with Crippen molar-refractivity contribution >= 4 is 5.78 Å². The molecule has 1 nitrogen and oxygen atoms in total. The lowest BCUT2D eigenvalue weighted by Gasteiger charge is -2.35. The maximum atomic E-state index is 11.1. The number of carbonyl (C=O) groups excluding carboxylic acids is 1. The van der Waals surface area contributed by atoms with Crippen LogP contribution in [0.2, 0.25) is 0 Å². The Morgan fingerprint density at radius 2 is 2.25 bits per heavy atom. The van der Waals surface area contributed by atoms with E-state index in [1.54, 1.807) is 0 Å². The van der Waals surface area contributed by atoms with Crippen molar-refractivity contribution in [3.63, 3.8) is 0 Å². The van der Waals surface area contributed by atoms with Crippen LogP contribution < -0.4 is 0 Å². The van der Waals surface area contributed by atoms with Crippen LogP contribution >= 0.6 is 0 Å². The fraction of sp³-hybridized carbons (Fsp3) is 0.545. The minimum absolute atomic E-state index is 0.300. The zero-order valence-electron chi connectivity index (χ0n) is 7.47. The van der Waals surface area contributed by atoms with Gasteiger partial charge in [-0.05, 0) is 36.3 Å². The molecule has 0 heterocycles. The second kappa shape index (κ2) is 2.58. The molecule has 0 radical (unpaired) electrons. The van der Waals surface area contributed by atoms with Gasteiger partial charge in [-0.1, -0.05) is 19.1 Å². The Morgan fingerprint density at radius 1 is 1.42 bits per heavy atom. The standard InChI is InChI=1S/C11H14O/c1-11-6-3-2-4-9(11)8-10(12)5-7-11/h2,4,8H,3,5-7H2,1H3/t11-/m1/s1. The normalized spacial score (nSPS) is 34.4. The van der Waals surface area contributed by atoms with Gasteiger partial charge in [-0.15, -0.1) is 0 Å². The van der Waals surface area contributed by atoms with Crippen molar-refractivity contribution in [3.8, 4) is 0 Å². The number of hydrogen-bond donors (Lipinski definition) is 0. The molecule has 1 atom stereocenters. The molecule has 0 aromatic rings. The van der Waals surface area contributed by atoms with Crippen molar-refractivity contribution in [2.45, 2.75) is 32.6 Å². The second-order valence-corrected chi connectivity index (χ2v) is 4.07. The topological polar surface area (TPSA) is 17.1 Å². The first kappa shape index (κ1) is 7.78. The number of rotatable bonds is 0. The molecule has 0 amide bonds.